The molecule has 0 amide bonds. The fourth-order valence-corrected chi connectivity index (χ4v) is 0.782. The molecule has 1 heteroatoms. The molecule has 0 saturated heterocycles. The van der Waals surface area contributed by atoms with E-state index in [0.29, 0.717) is 0 Å². The second-order valence-corrected chi connectivity index (χ2v) is 2.23. The monoisotopic (exact) mass is 158 g/mol. The summed E-state index contributed by atoms with van der Waals surface area (Å²) in [6, 6.07) is 7.59. The first kappa shape index (κ1) is 8.42. The van der Waals surface area contributed by atoms with Gasteiger partial charge in [0.25, 0.3) is 0 Å². The molecule has 0 aliphatic rings. The fraction of sp³-hybridized carbons (Fsp3) is 0.0909. The summed E-state index contributed by atoms with van der Waals surface area (Å²) in [5, 5.41) is 0. The third-order valence-electron chi connectivity index (χ3n) is 1.39. The van der Waals surface area contributed by atoms with Crippen molar-refractivity contribution in [2.45, 2.75) is 6.92 Å². The van der Waals surface area contributed by atoms with E-state index in [1.807, 2.05) is 24.3 Å². The van der Waals surface area contributed by atoms with Gasteiger partial charge in [-0.1, -0.05) is 30.7 Å². The molecule has 0 heterocycles. The molecule has 12 heavy (non-hydrogen) atoms. The van der Waals surface area contributed by atoms with Crippen LogP contribution in [0.25, 0.3) is 6.08 Å². The Kier molecular flexibility index (Phi) is 2.98. The number of rotatable bonds is 2. The highest BCUT2D eigenvalue weighted by molar-refractivity contribution is 5.48. The fourth-order valence-electron chi connectivity index (χ4n) is 0.782. The van der Waals surface area contributed by atoms with Gasteiger partial charge in [-0.25, -0.2) is 0 Å². The highest BCUT2D eigenvalue weighted by Crippen LogP contribution is 2.11. The molecule has 0 N–H and O–H groups in total. The van der Waals surface area contributed by atoms with E-state index in [9.17, 15) is 0 Å². The molecule has 0 aliphatic heterocycles. The lowest BCUT2D eigenvalue weighted by Crippen LogP contribution is -1.81. The molecular weight excluding hydrogens is 148 g/mol. The molecule has 0 aliphatic carbocycles. The summed E-state index contributed by atoms with van der Waals surface area (Å²) in [5.41, 5.74) is 1.08. The van der Waals surface area contributed by atoms with Crippen LogP contribution in [0.15, 0.2) is 30.8 Å². The van der Waals surface area contributed by atoms with Crippen molar-refractivity contribution < 1.29 is 4.74 Å². The Labute approximate surface area is 72.7 Å². The van der Waals surface area contributed by atoms with E-state index in [2.05, 4.69) is 18.6 Å². The highest BCUT2D eigenvalue weighted by atomic mass is 16.5. The molecule has 0 spiro atoms. The molecule has 60 valence electrons. The summed E-state index contributed by atoms with van der Waals surface area (Å²) in [6.07, 6.45) is 4.31. The average Bonchev–Trinajstić information content (AvgIpc) is 2.15. The minimum atomic E-state index is 0.759. The van der Waals surface area contributed by atoms with Crippen LogP contribution in [0.2, 0.25) is 0 Å². The molecule has 1 rings (SSSR count). The Balaban J connectivity index is 2.75. The average molecular weight is 158 g/mol. The van der Waals surface area contributed by atoms with Crippen molar-refractivity contribution in [3.8, 4) is 17.8 Å². The van der Waals surface area contributed by atoms with Gasteiger partial charge >= 0.3 is 0 Å². The van der Waals surface area contributed by atoms with Crippen LogP contribution in [0.3, 0.4) is 0 Å². The second kappa shape index (κ2) is 4.25. The zero-order valence-electron chi connectivity index (χ0n) is 7.00. The predicted molar refractivity (Wildman–Crippen MR) is 50.6 cm³/mol. The van der Waals surface area contributed by atoms with Crippen molar-refractivity contribution in [1.29, 1.82) is 0 Å². The van der Waals surface area contributed by atoms with Crippen LogP contribution in [0.5, 0.6) is 5.75 Å². The molecule has 0 radical (unpaired) electrons. The van der Waals surface area contributed by atoms with Crippen LogP contribution in [-0.2, 0) is 0 Å². The zero-order chi connectivity index (χ0) is 8.81. The first-order valence-electron chi connectivity index (χ1n) is 3.68. The van der Waals surface area contributed by atoms with Gasteiger partial charge in [0, 0.05) is 6.92 Å². The van der Waals surface area contributed by atoms with Crippen molar-refractivity contribution in [3.05, 3.63) is 36.4 Å². The molecule has 0 saturated carbocycles. The van der Waals surface area contributed by atoms with Crippen molar-refractivity contribution >= 4 is 6.08 Å². The van der Waals surface area contributed by atoms with Gasteiger partial charge in [0.2, 0.25) is 0 Å². The van der Waals surface area contributed by atoms with Crippen molar-refractivity contribution in [2.24, 2.45) is 0 Å². The smallest absolute Gasteiger partial charge is 0.140 e. The van der Waals surface area contributed by atoms with Crippen LogP contribution in [0.1, 0.15) is 12.5 Å². The molecule has 1 aromatic carbocycles. The molecule has 0 bridgehead atoms. The van der Waals surface area contributed by atoms with Gasteiger partial charge in [-0.15, -0.1) is 0 Å². The summed E-state index contributed by atoms with van der Waals surface area (Å²) < 4.78 is 5.06. The lowest BCUT2D eigenvalue weighted by molar-refractivity contribution is 0.519. The van der Waals surface area contributed by atoms with E-state index in [1.54, 1.807) is 13.0 Å². The van der Waals surface area contributed by atoms with E-state index >= 15 is 0 Å². The van der Waals surface area contributed by atoms with Gasteiger partial charge in [-0.05, 0) is 17.7 Å². The van der Waals surface area contributed by atoms with E-state index < -0.39 is 0 Å². The Hall–Kier alpha value is -1.68. The van der Waals surface area contributed by atoms with E-state index in [1.165, 1.54) is 0 Å². The summed E-state index contributed by atoms with van der Waals surface area (Å²) >= 11 is 0. The molecule has 1 nitrogen and oxygen atoms in total. The number of hydrogen-bond donors (Lipinski definition) is 0. The van der Waals surface area contributed by atoms with Gasteiger partial charge in [-0.2, -0.15) is 0 Å². The summed E-state index contributed by atoms with van der Waals surface area (Å²) in [4.78, 5) is 0. The first-order valence-corrected chi connectivity index (χ1v) is 3.68. The zero-order valence-corrected chi connectivity index (χ0v) is 7.00. The summed E-state index contributed by atoms with van der Waals surface area (Å²) in [5.74, 6) is 3.41. The van der Waals surface area contributed by atoms with Gasteiger partial charge in [0.1, 0.15) is 11.9 Å². The predicted octanol–water partition coefficient (Wildman–Crippen LogP) is 2.69. The second-order valence-electron chi connectivity index (χ2n) is 2.23. The summed E-state index contributed by atoms with van der Waals surface area (Å²) in [6.45, 7) is 5.39. The van der Waals surface area contributed by atoms with Crippen molar-refractivity contribution in [2.75, 3.05) is 0 Å². The van der Waals surface area contributed by atoms with Crippen LogP contribution >= 0.6 is 0 Å². The molecule has 1 aromatic rings. The third kappa shape index (κ3) is 2.17. The maximum absolute atomic E-state index is 5.06. The SMILES string of the molecule is C=Cc1ccc(OC#CC)cc1. The Morgan fingerprint density at radius 3 is 2.50 bits per heavy atom. The molecule has 0 aromatic heterocycles. The van der Waals surface area contributed by atoms with E-state index in [0.717, 1.165) is 11.3 Å². The van der Waals surface area contributed by atoms with Crippen LogP contribution in [0, 0.1) is 12.0 Å². The van der Waals surface area contributed by atoms with Crippen molar-refractivity contribution in [3.63, 3.8) is 0 Å². The summed E-state index contributed by atoms with van der Waals surface area (Å²) in [7, 11) is 0. The Morgan fingerprint density at radius 2 is 2.00 bits per heavy atom. The molecular formula is C11H10O. The van der Waals surface area contributed by atoms with Gasteiger partial charge < -0.3 is 4.74 Å². The third-order valence-corrected chi connectivity index (χ3v) is 1.39. The van der Waals surface area contributed by atoms with E-state index in [4.69, 9.17) is 4.74 Å². The lowest BCUT2D eigenvalue weighted by atomic mass is 10.2. The minimum Gasteiger partial charge on any atom is -0.408 e. The normalized spacial score (nSPS) is 8.08. The van der Waals surface area contributed by atoms with Crippen molar-refractivity contribution in [1.82, 2.24) is 0 Å². The van der Waals surface area contributed by atoms with Crippen LogP contribution in [0.4, 0.5) is 0 Å². The first-order chi connectivity index (χ1) is 5.86. The van der Waals surface area contributed by atoms with E-state index in [-0.39, 0.29) is 0 Å². The largest absolute Gasteiger partial charge is 0.408 e. The molecule has 0 atom stereocenters. The lowest BCUT2D eigenvalue weighted by Gasteiger charge is -1.96. The highest BCUT2D eigenvalue weighted by Gasteiger charge is 1.89. The number of benzene rings is 1. The van der Waals surface area contributed by atoms with Gasteiger partial charge in [0.05, 0.1) is 0 Å². The van der Waals surface area contributed by atoms with Crippen LogP contribution < -0.4 is 4.74 Å². The topological polar surface area (TPSA) is 9.23 Å². The quantitative estimate of drug-likeness (QED) is 0.601. The van der Waals surface area contributed by atoms with Gasteiger partial charge in [0.15, 0.2) is 0 Å². The molecule has 0 fully saturated rings. The van der Waals surface area contributed by atoms with Gasteiger partial charge in [-0.3, -0.25) is 0 Å². The van der Waals surface area contributed by atoms with Crippen LogP contribution in [-0.4, -0.2) is 0 Å². The number of ether oxygens (including phenoxy) is 1. The standard InChI is InChI=1S/C11H10O/c1-3-9-12-11-7-5-10(4-2)6-8-11/h4-8H,2H2,1H3. The maximum Gasteiger partial charge on any atom is 0.140 e. The Bertz CT molecular complexity index is 311. The maximum atomic E-state index is 5.06. The Morgan fingerprint density at radius 1 is 1.33 bits per heavy atom. The number of hydrogen-bond acceptors (Lipinski definition) is 1. The molecule has 0 unspecified atom stereocenters. The minimum absolute atomic E-state index is 0.759.